The molecule has 7 nitrogen and oxygen atoms in total. The minimum Gasteiger partial charge on any atom is -0.497 e. The Kier molecular flexibility index (Phi) is 6.26. The summed E-state index contributed by atoms with van der Waals surface area (Å²) in [6.07, 6.45) is 1.46. The maximum atomic E-state index is 12.5. The Bertz CT molecular complexity index is 1040. The number of nitrogens with one attached hydrogen (secondary N) is 1. The van der Waals surface area contributed by atoms with Gasteiger partial charge < -0.3 is 19.2 Å². The molecule has 1 amide bonds. The van der Waals surface area contributed by atoms with E-state index in [1.165, 1.54) is 17.6 Å². The largest absolute Gasteiger partial charge is 0.497 e. The van der Waals surface area contributed by atoms with E-state index in [1.807, 2.05) is 45.0 Å². The number of carbonyl (C=O) groups excluding carboxylic acids is 2. The average molecular weight is 429 g/mol. The van der Waals surface area contributed by atoms with Gasteiger partial charge in [0.1, 0.15) is 29.2 Å². The lowest BCUT2D eigenvalue weighted by molar-refractivity contribution is -0.123. The highest BCUT2D eigenvalue weighted by Crippen LogP contribution is 2.29. The zero-order valence-electron chi connectivity index (χ0n) is 17.6. The van der Waals surface area contributed by atoms with Gasteiger partial charge in [0, 0.05) is 11.0 Å². The van der Waals surface area contributed by atoms with Crippen LogP contribution in [0.25, 0.3) is 11.5 Å². The van der Waals surface area contributed by atoms with Crippen molar-refractivity contribution in [1.29, 1.82) is 0 Å². The van der Waals surface area contributed by atoms with Gasteiger partial charge in [-0.3, -0.25) is 4.79 Å². The average Bonchev–Trinajstić information content (AvgIpc) is 3.32. The number of amides is 1. The highest BCUT2D eigenvalue weighted by atomic mass is 32.1. The minimum atomic E-state index is -0.521. The molecule has 0 radical (unpaired) electrons. The van der Waals surface area contributed by atoms with Crippen LogP contribution in [0.1, 0.15) is 41.7 Å². The number of nitrogens with zero attached hydrogens (tertiary/aromatic N) is 1. The summed E-state index contributed by atoms with van der Waals surface area (Å²) in [6, 6.07) is 9.07. The first-order valence-corrected chi connectivity index (χ1v) is 10.2. The Hall–Kier alpha value is -3.13. The fraction of sp³-hybridized carbons (Fsp3) is 0.318. The molecule has 158 valence electrons. The number of ether oxygens (including phenoxy) is 2. The molecule has 0 saturated heterocycles. The SMILES string of the molecule is COc1ccc(-c2nc(COC(=O)c3sc(NC(=O)C(C)(C)C)cc3C)co2)cc1. The van der Waals surface area contributed by atoms with Crippen molar-refractivity contribution in [2.45, 2.75) is 34.3 Å². The predicted octanol–water partition coefficient (Wildman–Crippen LogP) is 5.06. The van der Waals surface area contributed by atoms with E-state index in [4.69, 9.17) is 13.9 Å². The molecule has 0 fully saturated rings. The fourth-order valence-corrected chi connectivity index (χ4v) is 3.45. The molecule has 0 saturated carbocycles. The van der Waals surface area contributed by atoms with Gasteiger partial charge in [-0.25, -0.2) is 9.78 Å². The number of aromatic nitrogens is 1. The van der Waals surface area contributed by atoms with Gasteiger partial charge in [-0.15, -0.1) is 11.3 Å². The van der Waals surface area contributed by atoms with Gasteiger partial charge in [0.2, 0.25) is 11.8 Å². The van der Waals surface area contributed by atoms with Crippen LogP contribution < -0.4 is 10.1 Å². The number of methoxy groups -OCH3 is 1. The number of rotatable bonds is 6. The Labute approximate surface area is 179 Å². The Morgan fingerprint density at radius 3 is 2.53 bits per heavy atom. The second-order valence-corrected chi connectivity index (χ2v) is 8.83. The third kappa shape index (κ3) is 5.07. The number of aryl methyl sites for hydroxylation is 1. The minimum absolute atomic E-state index is 0.0144. The first-order valence-electron chi connectivity index (χ1n) is 9.35. The molecule has 0 atom stereocenters. The van der Waals surface area contributed by atoms with Gasteiger partial charge in [-0.2, -0.15) is 0 Å². The van der Waals surface area contributed by atoms with Gasteiger partial charge >= 0.3 is 5.97 Å². The van der Waals surface area contributed by atoms with Crippen LogP contribution in [0.5, 0.6) is 5.75 Å². The van der Waals surface area contributed by atoms with E-state index in [2.05, 4.69) is 10.3 Å². The van der Waals surface area contributed by atoms with Crippen LogP contribution in [0.2, 0.25) is 0 Å². The van der Waals surface area contributed by atoms with Crippen molar-refractivity contribution < 1.29 is 23.5 Å². The van der Waals surface area contributed by atoms with Crippen molar-refractivity contribution in [3.05, 3.63) is 52.7 Å². The summed E-state index contributed by atoms with van der Waals surface area (Å²) in [5.41, 5.74) is 1.52. The van der Waals surface area contributed by atoms with Crippen LogP contribution in [-0.2, 0) is 16.1 Å². The molecule has 3 rings (SSSR count). The zero-order valence-corrected chi connectivity index (χ0v) is 18.4. The standard InChI is InChI=1S/C22H24N2O5S/c1-13-10-17(24-21(26)22(2,3)4)30-18(13)20(25)29-12-15-11-28-19(23-15)14-6-8-16(27-5)9-7-14/h6-11H,12H2,1-5H3,(H,24,26). The van der Waals surface area contributed by atoms with Crippen molar-refractivity contribution in [1.82, 2.24) is 4.98 Å². The van der Waals surface area contributed by atoms with Crippen LogP contribution in [0.15, 0.2) is 41.0 Å². The summed E-state index contributed by atoms with van der Waals surface area (Å²) >= 11 is 1.19. The second kappa shape index (κ2) is 8.71. The van der Waals surface area contributed by atoms with Crippen molar-refractivity contribution >= 4 is 28.2 Å². The Morgan fingerprint density at radius 2 is 1.90 bits per heavy atom. The third-order valence-electron chi connectivity index (χ3n) is 4.26. The summed E-state index contributed by atoms with van der Waals surface area (Å²) in [7, 11) is 1.60. The maximum absolute atomic E-state index is 12.5. The number of carbonyl (C=O) groups is 2. The molecular weight excluding hydrogens is 404 g/mol. The zero-order chi connectivity index (χ0) is 21.9. The second-order valence-electron chi connectivity index (χ2n) is 7.78. The molecule has 1 N–H and O–H groups in total. The molecule has 1 aromatic carbocycles. The topological polar surface area (TPSA) is 90.7 Å². The first kappa shape index (κ1) is 21.6. The van der Waals surface area contributed by atoms with Crippen molar-refractivity contribution in [2.24, 2.45) is 5.41 Å². The molecular formula is C22H24N2O5S. The van der Waals surface area contributed by atoms with Crippen LogP contribution in [0, 0.1) is 12.3 Å². The molecule has 3 aromatic rings. The molecule has 0 aliphatic carbocycles. The predicted molar refractivity (Wildman–Crippen MR) is 115 cm³/mol. The van der Waals surface area contributed by atoms with Gasteiger partial charge in [0.05, 0.1) is 12.1 Å². The number of oxazole rings is 1. The monoisotopic (exact) mass is 428 g/mol. The molecule has 2 heterocycles. The molecule has 0 spiro atoms. The smallest absolute Gasteiger partial charge is 0.349 e. The lowest BCUT2D eigenvalue weighted by Crippen LogP contribution is -2.27. The number of thiophene rings is 1. The number of anilines is 1. The third-order valence-corrected chi connectivity index (χ3v) is 5.39. The van der Waals surface area contributed by atoms with Crippen LogP contribution >= 0.6 is 11.3 Å². The molecule has 2 aromatic heterocycles. The lowest BCUT2D eigenvalue weighted by Gasteiger charge is -2.16. The quantitative estimate of drug-likeness (QED) is 0.552. The van der Waals surface area contributed by atoms with E-state index in [1.54, 1.807) is 20.1 Å². The van der Waals surface area contributed by atoms with Crippen molar-refractivity contribution in [3.63, 3.8) is 0 Å². The van der Waals surface area contributed by atoms with Gasteiger partial charge in [-0.05, 0) is 42.8 Å². The Morgan fingerprint density at radius 1 is 1.20 bits per heavy atom. The van der Waals surface area contributed by atoms with Gasteiger partial charge in [0.25, 0.3) is 0 Å². The van der Waals surface area contributed by atoms with Crippen LogP contribution in [-0.4, -0.2) is 24.0 Å². The number of hydrogen-bond acceptors (Lipinski definition) is 7. The number of esters is 1. The number of hydrogen-bond donors (Lipinski definition) is 1. The van der Waals surface area contributed by atoms with E-state index < -0.39 is 11.4 Å². The van der Waals surface area contributed by atoms with Gasteiger partial charge in [0.15, 0.2) is 0 Å². The number of benzene rings is 1. The van der Waals surface area contributed by atoms with E-state index in [-0.39, 0.29) is 12.5 Å². The molecule has 30 heavy (non-hydrogen) atoms. The molecule has 0 aliphatic heterocycles. The molecule has 0 aliphatic rings. The van der Waals surface area contributed by atoms with E-state index >= 15 is 0 Å². The van der Waals surface area contributed by atoms with Gasteiger partial charge in [-0.1, -0.05) is 20.8 Å². The van der Waals surface area contributed by atoms with E-state index in [0.717, 1.165) is 16.9 Å². The van der Waals surface area contributed by atoms with Crippen LogP contribution in [0.4, 0.5) is 5.00 Å². The first-order chi connectivity index (χ1) is 14.2. The highest BCUT2D eigenvalue weighted by Gasteiger charge is 2.23. The van der Waals surface area contributed by atoms with E-state index in [0.29, 0.717) is 21.5 Å². The normalized spacial score (nSPS) is 11.2. The summed E-state index contributed by atoms with van der Waals surface area (Å²) in [5.74, 6) is 0.590. The van der Waals surface area contributed by atoms with E-state index in [9.17, 15) is 9.59 Å². The lowest BCUT2D eigenvalue weighted by atomic mass is 9.96. The highest BCUT2D eigenvalue weighted by molar-refractivity contribution is 7.18. The van der Waals surface area contributed by atoms with Crippen molar-refractivity contribution in [2.75, 3.05) is 12.4 Å². The summed E-state index contributed by atoms with van der Waals surface area (Å²) < 4.78 is 16.0. The molecule has 0 bridgehead atoms. The Balaban J connectivity index is 1.62. The summed E-state index contributed by atoms with van der Waals surface area (Å²) in [6.45, 7) is 7.28. The van der Waals surface area contributed by atoms with Crippen LogP contribution in [0.3, 0.4) is 0 Å². The van der Waals surface area contributed by atoms with Crippen molar-refractivity contribution in [3.8, 4) is 17.2 Å². The maximum Gasteiger partial charge on any atom is 0.349 e. The summed E-state index contributed by atoms with van der Waals surface area (Å²) in [5, 5.41) is 3.45. The molecule has 8 heteroatoms. The summed E-state index contributed by atoms with van der Waals surface area (Å²) in [4.78, 5) is 29.4. The molecule has 0 unspecified atom stereocenters. The fourth-order valence-electron chi connectivity index (χ4n) is 2.49.